The van der Waals surface area contributed by atoms with Crippen molar-refractivity contribution in [2.45, 2.75) is 12.1 Å². The van der Waals surface area contributed by atoms with Crippen LogP contribution in [0.5, 0.6) is 0 Å². The number of hydrogen-bond acceptors (Lipinski definition) is 3. The summed E-state index contributed by atoms with van der Waals surface area (Å²) in [5, 5.41) is 12.3. The van der Waals surface area contributed by atoms with E-state index in [4.69, 9.17) is 9.84 Å². The lowest BCUT2D eigenvalue weighted by molar-refractivity contribution is -0.0328. The summed E-state index contributed by atoms with van der Waals surface area (Å²) in [5.74, 6) is 0. The molecule has 1 atom stereocenters. The average Bonchev–Trinajstić information content (AvgIpc) is 2.70. The fraction of sp³-hybridized carbons (Fsp3) is 0.455. The second-order valence-corrected chi connectivity index (χ2v) is 3.44. The Hall–Kier alpha value is -0.900. The maximum absolute atomic E-state index is 9.03. The van der Waals surface area contributed by atoms with Crippen LogP contribution < -0.4 is 5.32 Å². The molecule has 0 aromatic heterocycles. The van der Waals surface area contributed by atoms with Crippen LogP contribution in [0.4, 0.5) is 0 Å². The minimum absolute atomic E-state index is 0.127. The molecule has 76 valence electrons. The third-order valence-corrected chi connectivity index (χ3v) is 2.57. The van der Waals surface area contributed by atoms with E-state index in [1.54, 1.807) is 0 Å². The first-order valence-corrected chi connectivity index (χ1v) is 4.93. The summed E-state index contributed by atoms with van der Waals surface area (Å²) in [4.78, 5) is 0. The molecule has 0 aliphatic carbocycles. The molecule has 2 N–H and O–H groups in total. The summed E-state index contributed by atoms with van der Waals surface area (Å²) < 4.78 is 5.70. The molecule has 1 fully saturated rings. The monoisotopic (exact) mass is 193 g/mol. The van der Waals surface area contributed by atoms with Crippen molar-refractivity contribution in [2.75, 3.05) is 19.8 Å². The molecule has 2 rings (SSSR count). The molecule has 1 unspecified atom stereocenters. The normalized spacial score (nSPS) is 26.6. The van der Waals surface area contributed by atoms with Crippen LogP contribution in [0.1, 0.15) is 12.0 Å². The first kappa shape index (κ1) is 9.65. The number of hydrogen-bond donors (Lipinski definition) is 2. The summed E-state index contributed by atoms with van der Waals surface area (Å²) in [6.07, 6.45) is 0.594. The van der Waals surface area contributed by atoms with Gasteiger partial charge in [0, 0.05) is 19.6 Å². The molecule has 0 spiro atoms. The Morgan fingerprint density at radius 3 is 2.71 bits per heavy atom. The quantitative estimate of drug-likeness (QED) is 0.747. The van der Waals surface area contributed by atoms with Gasteiger partial charge in [-0.05, 0) is 5.56 Å². The first-order chi connectivity index (χ1) is 6.87. The molecule has 1 aromatic carbocycles. The number of benzene rings is 1. The largest absolute Gasteiger partial charge is 0.396 e. The fourth-order valence-corrected chi connectivity index (χ4v) is 1.88. The minimum atomic E-state index is -0.462. The molecular weight excluding hydrogens is 178 g/mol. The molecule has 14 heavy (non-hydrogen) atoms. The second kappa shape index (κ2) is 4.09. The topological polar surface area (TPSA) is 41.5 Å². The molecule has 3 heteroatoms. The Labute approximate surface area is 83.7 Å². The lowest BCUT2D eigenvalue weighted by Crippen LogP contribution is -2.39. The Morgan fingerprint density at radius 1 is 1.36 bits per heavy atom. The van der Waals surface area contributed by atoms with Gasteiger partial charge in [-0.15, -0.1) is 0 Å². The van der Waals surface area contributed by atoms with E-state index in [0.29, 0.717) is 13.0 Å². The minimum Gasteiger partial charge on any atom is -0.396 e. The van der Waals surface area contributed by atoms with Crippen molar-refractivity contribution in [3.63, 3.8) is 0 Å². The lowest BCUT2D eigenvalue weighted by atomic mass is 10.00. The molecule has 3 nitrogen and oxygen atoms in total. The Bertz CT molecular complexity index is 281. The van der Waals surface area contributed by atoms with E-state index >= 15 is 0 Å². The van der Waals surface area contributed by atoms with Gasteiger partial charge in [-0.1, -0.05) is 30.3 Å². The van der Waals surface area contributed by atoms with E-state index in [1.807, 2.05) is 30.3 Å². The number of ether oxygens (including phenoxy) is 1. The molecule has 0 amide bonds. The Kier molecular flexibility index (Phi) is 2.82. The van der Waals surface area contributed by atoms with Gasteiger partial charge in [0.25, 0.3) is 0 Å². The summed E-state index contributed by atoms with van der Waals surface area (Å²) in [6.45, 7) is 1.67. The van der Waals surface area contributed by atoms with Gasteiger partial charge in [0.15, 0.2) is 0 Å². The van der Waals surface area contributed by atoms with Crippen molar-refractivity contribution in [1.29, 1.82) is 0 Å². The van der Waals surface area contributed by atoms with Gasteiger partial charge in [0.1, 0.15) is 5.72 Å². The van der Waals surface area contributed by atoms with Gasteiger partial charge in [-0.3, -0.25) is 5.32 Å². The van der Waals surface area contributed by atoms with Gasteiger partial charge in [-0.25, -0.2) is 0 Å². The van der Waals surface area contributed by atoms with Crippen LogP contribution >= 0.6 is 0 Å². The number of aliphatic hydroxyl groups excluding tert-OH is 1. The van der Waals surface area contributed by atoms with Crippen molar-refractivity contribution in [3.8, 4) is 0 Å². The van der Waals surface area contributed by atoms with E-state index in [-0.39, 0.29) is 6.61 Å². The third-order valence-electron chi connectivity index (χ3n) is 2.57. The van der Waals surface area contributed by atoms with E-state index in [1.165, 1.54) is 0 Å². The maximum atomic E-state index is 9.03. The lowest BCUT2D eigenvalue weighted by Gasteiger charge is -2.28. The Balaban J connectivity index is 2.27. The molecule has 1 aromatic rings. The van der Waals surface area contributed by atoms with Crippen LogP contribution in [-0.4, -0.2) is 24.9 Å². The number of aliphatic hydroxyl groups is 1. The zero-order valence-electron chi connectivity index (χ0n) is 8.07. The molecule has 1 saturated heterocycles. The number of rotatable bonds is 3. The molecule has 0 saturated carbocycles. The highest BCUT2D eigenvalue weighted by molar-refractivity contribution is 5.22. The highest BCUT2D eigenvalue weighted by Crippen LogP contribution is 2.28. The van der Waals surface area contributed by atoms with Gasteiger partial charge >= 0.3 is 0 Å². The first-order valence-electron chi connectivity index (χ1n) is 4.93. The predicted molar refractivity (Wildman–Crippen MR) is 53.8 cm³/mol. The molecule has 0 bridgehead atoms. The van der Waals surface area contributed by atoms with Crippen molar-refractivity contribution < 1.29 is 9.84 Å². The molecular formula is C11H15NO2. The summed E-state index contributed by atoms with van der Waals surface area (Å²) >= 11 is 0. The average molecular weight is 193 g/mol. The second-order valence-electron chi connectivity index (χ2n) is 3.44. The molecule has 1 aliphatic heterocycles. The standard InChI is InChI=1S/C11H15NO2/c13-8-6-11(12-7-9-14-11)10-4-2-1-3-5-10/h1-5,12-13H,6-9H2. The summed E-state index contributed by atoms with van der Waals surface area (Å²) in [5.41, 5.74) is 0.627. The predicted octanol–water partition coefficient (Wildman–Crippen LogP) is 0.842. The van der Waals surface area contributed by atoms with Gasteiger partial charge < -0.3 is 9.84 Å². The van der Waals surface area contributed by atoms with Crippen molar-refractivity contribution in [3.05, 3.63) is 35.9 Å². The molecule has 1 aliphatic rings. The van der Waals surface area contributed by atoms with Crippen LogP contribution in [0.25, 0.3) is 0 Å². The SMILES string of the molecule is OCCC1(c2ccccc2)NCCO1. The van der Waals surface area contributed by atoms with E-state index in [9.17, 15) is 0 Å². The van der Waals surface area contributed by atoms with Crippen molar-refractivity contribution in [1.82, 2.24) is 5.32 Å². The highest BCUT2D eigenvalue weighted by Gasteiger charge is 2.35. The number of nitrogens with one attached hydrogen (secondary N) is 1. The van der Waals surface area contributed by atoms with Crippen LogP contribution in [0, 0.1) is 0 Å². The molecule has 1 heterocycles. The zero-order valence-corrected chi connectivity index (χ0v) is 8.07. The van der Waals surface area contributed by atoms with E-state index in [0.717, 1.165) is 12.1 Å². The third kappa shape index (κ3) is 1.66. The zero-order chi connectivity index (χ0) is 9.86. The summed E-state index contributed by atoms with van der Waals surface area (Å²) in [6, 6.07) is 9.99. The maximum Gasteiger partial charge on any atom is 0.147 e. The summed E-state index contributed by atoms with van der Waals surface area (Å²) in [7, 11) is 0. The van der Waals surface area contributed by atoms with Crippen LogP contribution in [0.15, 0.2) is 30.3 Å². The van der Waals surface area contributed by atoms with Crippen molar-refractivity contribution >= 4 is 0 Å². The van der Waals surface area contributed by atoms with Gasteiger partial charge in [0.05, 0.1) is 6.61 Å². The smallest absolute Gasteiger partial charge is 0.147 e. The Morgan fingerprint density at radius 2 is 2.14 bits per heavy atom. The van der Waals surface area contributed by atoms with E-state index < -0.39 is 5.72 Å². The highest BCUT2D eigenvalue weighted by atomic mass is 16.5. The van der Waals surface area contributed by atoms with Crippen LogP contribution in [0.3, 0.4) is 0 Å². The van der Waals surface area contributed by atoms with E-state index in [2.05, 4.69) is 5.32 Å². The van der Waals surface area contributed by atoms with Crippen molar-refractivity contribution in [2.24, 2.45) is 0 Å². The van der Waals surface area contributed by atoms with Crippen LogP contribution in [-0.2, 0) is 10.5 Å². The van der Waals surface area contributed by atoms with Gasteiger partial charge in [0.2, 0.25) is 0 Å². The van der Waals surface area contributed by atoms with Gasteiger partial charge in [-0.2, -0.15) is 0 Å². The van der Waals surface area contributed by atoms with Crippen LogP contribution in [0.2, 0.25) is 0 Å². The molecule has 0 radical (unpaired) electrons. The fourth-order valence-electron chi connectivity index (χ4n) is 1.88.